The molecule has 0 saturated carbocycles. The number of fused-ring (bicyclic) bond motifs is 1. The Bertz CT molecular complexity index is 496. The second kappa shape index (κ2) is 5.06. The van der Waals surface area contributed by atoms with Crippen LogP contribution >= 0.6 is 11.8 Å². The van der Waals surface area contributed by atoms with Gasteiger partial charge in [-0.1, -0.05) is 12.1 Å². The largest absolute Gasteiger partial charge is 0.501 e. The van der Waals surface area contributed by atoms with E-state index in [1.54, 1.807) is 18.0 Å². The van der Waals surface area contributed by atoms with Crippen LogP contribution in [0.3, 0.4) is 0 Å². The van der Waals surface area contributed by atoms with Crippen LogP contribution in [0.1, 0.15) is 12.8 Å². The van der Waals surface area contributed by atoms with Crippen molar-refractivity contribution in [1.82, 2.24) is 0 Å². The number of rotatable bonds is 2. The highest BCUT2D eigenvalue weighted by Gasteiger charge is 2.29. The van der Waals surface area contributed by atoms with Crippen LogP contribution in [0.15, 0.2) is 41.0 Å². The molecule has 1 aromatic carbocycles. The van der Waals surface area contributed by atoms with Crippen LogP contribution in [-0.4, -0.2) is 24.2 Å². The van der Waals surface area contributed by atoms with E-state index in [0.29, 0.717) is 12.4 Å². The summed E-state index contributed by atoms with van der Waals surface area (Å²) in [6.45, 7) is 0.708. The zero-order valence-corrected chi connectivity index (χ0v) is 10.7. The van der Waals surface area contributed by atoms with Crippen molar-refractivity contribution < 1.29 is 14.3 Å². The van der Waals surface area contributed by atoms with E-state index in [2.05, 4.69) is 0 Å². The molecule has 1 aromatic rings. The first-order valence-electron chi connectivity index (χ1n) is 6.08. The molecule has 3 nitrogen and oxygen atoms in total. The number of carbonyl (C=O) groups excluding carboxylic acids is 1. The lowest BCUT2D eigenvalue weighted by molar-refractivity contribution is -0.121. The normalized spacial score (nSPS) is 22.2. The van der Waals surface area contributed by atoms with Gasteiger partial charge in [-0.15, -0.1) is 11.8 Å². The van der Waals surface area contributed by atoms with Crippen LogP contribution in [0.4, 0.5) is 0 Å². The van der Waals surface area contributed by atoms with Crippen molar-refractivity contribution in [2.24, 2.45) is 0 Å². The van der Waals surface area contributed by atoms with Crippen molar-refractivity contribution in [3.05, 3.63) is 36.1 Å². The number of hydrogen-bond donors (Lipinski definition) is 0. The highest BCUT2D eigenvalue weighted by Crippen LogP contribution is 2.36. The summed E-state index contributed by atoms with van der Waals surface area (Å²) in [4.78, 5) is 13.4. The molecule has 0 fully saturated rings. The zero-order valence-electron chi connectivity index (χ0n) is 9.93. The predicted octanol–water partition coefficient (Wildman–Crippen LogP) is 2.80. The van der Waals surface area contributed by atoms with Crippen LogP contribution in [0.2, 0.25) is 0 Å². The molecule has 0 spiro atoms. The number of Topliss-reactive ketones (excluding diaryl/α,β-unsaturated/α-hetero) is 1. The molecular formula is C14H14O3S. The highest BCUT2D eigenvalue weighted by atomic mass is 32.2. The number of benzene rings is 1. The molecule has 1 unspecified atom stereocenters. The van der Waals surface area contributed by atoms with E-state index >= 15 is 0 Å². The van der Waals surface area contributed by atoms with Gasteiger partial charge in [0, 0.05) is 16.2 Å². The first-order valence-corrected chi connectivity index (χ1v) is 7.06. The quantitative estimate of drug-likeness (QED) is 0.821. The third-order valence-electron chi connectivity index (χ3n) is 3.05. The van der Waals surface area contributed by atoms with Gasteiger partial charge in [-0.25, -0.2) is 0 Å². The number of ketones is 1. The molecule has 0 aliphatic carbocycles. The van der Waals surface area contributed by atoms with Crippen molar-refractivity contribution >= 4 is 17.5 Å². The fraction of sp³-hybridized carbons (Fsp3) is 0.357. The van der Waals surface area contributed by atoms with Gasteiger partial charge in [-0.3, -0.25) is 4.79 Å². The van der Waals surface area contributed by atoms with Gasteiger partial charge in [0.05, 0.1) is 12.9 Å². The minimum Gasteiger partial charge on any atom is -0.501 e. The minimum atomic E-state index is -0.377. The fourth-order valence-electron chi connectivity index (χ4n) is 2.10. The molecule has 2 aliphatic rings. The van der Waals surface area contributed by atoms with Crippen LogP contribution < -0.4 is 4.74 Å². The maximum atomic E-state index is 12.3. The van der Waals surface area contributed by atoms with Crippen LogP contribution in [0.5, 0.6) is 5.75 Å². The van der Waals surface area contributed by atoms with Gasteiger partial charge in [-0.05, 0) is 25.0 Å². The van der Waals surface area contributed by atoms with E-state index in [0.717, 1.165) is 29.1 Å². The standard InChI is InChI=1S/C14H14O3S/c15-14(10-4-3-7-16-8-10)12-9-18-13-6-2-1-5-11(13)17-12/h1-2,5-6,8,12H,3-4,7,9H2. The molecule has 3 rings (SSSR count). The van der Waals surface area contributed by atoms with Gasteiger partial charge in [0.2, 0.25) is 5.78 Å². The third kappa shape index (κ3) is 2.25. The second-order valence-electron chi connectivity index (χ2n) is 4.35. The summed E-state index contributed by atoms with van der Waals surface area (Å²) >= 11 is 1.68. The molecule has 0 aromatic heterocycles. The summed E-state index contributed by atoms with van der Waals surface area (Å²) < 4.78 is 11.0. The summed E-state index contributed by atoms with van der Waals surface area (Å²) in [5.74, 6) is 1.55. The molecule has 0 amide bonds. The Kier molecular flexibility index (Phi) is 3.28. The molecule has 0 radical (unpaired) electrons. The molecule has 18 heavy (non-hydrogen) atoms. The Hall–Kier alpha value is -1.42. The summed E-state index contributed by atoms with van der Waals surface area (Å²) in [5, 5.41) is 0. The van der Waals surface area contributed by atoms with Crippen LogP contribution in [0, 0.1) is 0 Å². The van der Waals surface area contributed by atoms with Crippen molar-refractivity contribution in [1.29, 1.82) is 0 Å². The van der Waals surface area contributed by atoms with Crippen molar-refractivity contribution in [2.75, 3.05) is 12.4 Å². The Morgan fingerprint density at radius 1 is 1.33 bits per heavy atom. The monoisotopic (exact) mass is 262 g/mol. The topological polar surface area (TPSA) is 35.5 Å². The lowest BCUT2D eigenvalue weighted by atomic mass is 10.0. The molecule has 94 valence electrons. The zero-order chi connectivity index (χ0) is 12.4. The number of para-hydroxylation sites is 1. The molecule has 0 N–H and O–H groups in total. The number of thioether (sulfide) groups is 1. The van der Waals surface area contributed by atoms with E-state index in [9.17, 15) is 4.79 Å². The average molecular weight is 262 g/mol. The van der Waals surface area contributed by atoms with E-state index in [4.69, 9.17) is 9.47 Å². The lowest BCUT2D eigenvalue weighted by Crippen LogP contribution is -2.34. The van der Waals surface area contributed by atoms with Gasteiger partial charge in [0.1, 0.15) is 5.75 Å². The van der Waals surface area contributed by atoms with Crippen LogP contribution in [0.25, 0.3) is 0 Å². The minimum absolute atomic E-state index is 0.0664. The smallest absolute Gasteiger partial charge is 0.203 e. The molecule has 1 atom stereocenters. The van der Waals surface area contributed by atoms with Crippen molar-refractivity contribution in [2.45, 2.75) is 23.8 Å². The van der Waals surface area contributed by atoms with E-state index in [-0.39, 0.29) is 11.9 Å². The Morgan fingerprint density at radius 2 is 2.22 bits per heavy atom. The van der Waals surface area contributed by atoms with E-state index in [1.165, 1.54) is 0 Å². The lowest BCUT2D eigenvalue weighted by Gasteiger charge is -2.25. The van der Waals surface area contributed by atoms with Gasteiger partial charge in [-0.2, -0.15) is 0 Å². The first-order chi connectivity index (χ1) is 8.84. The fourth-order valence-corrected chi connectivity index (χ4v) is 3.08. The molecule has 2 heterocycles. The van der Waals surface area contributed by atoms with Gasteiger partial charge < -0.3 is 9.47 Å². The first kappa shape index (κ1) is 11.7. The number of carbonyl (C=O) groups is 1. The maximum Gasteiger partial charge on any atom is 0.203 e. The van der Waals surface area contributed by atoms with E-state index in [1.807, 2.05) is 24.3 Å². The molecule has 0 bridgehead atoms. The van der Waals surface area contributed by atoms with Gasteiger partial charge in [0.15, 0.2) is 6.10 Å². The summed E-state index contributed by atoms with van der Waals surface area (Å²) in [6, 6.07) is 7.83. The van der Waals surface area contributed by atoms with Gasteiger partial charge in [0.25, 0.3) is 0 Å². The average Bonchev–Trinajstić information content (AvgIpc) is 2.47. The number of hydrogen-bond acceptors (Lipinski definition) is 4. The van der Waals surface area contributed by atoms with Crippen molar-refractivity contribution in [3.8, 4) is 5.75 Å². The Balaban J connectivity index is 1.75. The Morgan fingerprint density at radius 3 is 3.06 bits per heavy atom. The summed E-state index contributed by atoms with van der Waals surface area (Å²) in [7, 11) is 0. The molecule has 0 saturated heterocycles. The highest BCUT2D eigenvalue weighted by molar-refractivity contribution is 7.99. The third-order valence-corrected chi connectivity index (χ3v) is 4.17. The van der Waals surface area contributed by atoms with E-state index < -0.39 is 0 Å². The number of ether oxygens (including phenoxy) is 2. The van der Waals surface area contributed by atoms with Crippen molar-refractivity contribution in [3.63, 3.8) is 0 Å². The van der Waals surface area contributed by atoms with Gasteiger partial charge >= 0.3 is 0 Å². The molecular weight excluding hydrogens is 248 g/mol. The summed E-state index contributed by atoms with van der Waals surface area (Å²) in [6.07, 6.45) is 2.93. The maximum absolute atomic E-state index is 12.3. The molecule has 2 aliphatic heterocycles. The summed E-state index contributed by atoms with van der Waals surface area (Å²) in [5.41, 5.74) is 0.756. The second-order valence-corrected chi connectivity index (χ2v) is 5.41. The predicted molar refractivity (Wildman–Crippen MR) is 69.9 cm³/mol. The van der Waals surface area contributed by atoms with Crippen LogP contribution in [-0.2, 0) is 9.53 Å². The molecule has 4 heteroatoms. The Labute approximate surface area is 110 Å². The SMILES string of the molecule is O=C(C1=COCCC1)C1CSc2ccccc2O1.